The third kappa shape index (κ3) is 4.97. The molecule has 0 radical (unpaired) electrons. The summed E-state index contributed by atoms with van der Waals surface area (Å²) < 4.78 is 43.7. The fourth-order valence-corrected chi connectivity index (χ4v) is 4.85. The topological polar surface area (TPSA) is 96.3 Å². The van der Waals surface area contributed by atoms with E-state index in [0.717, 1.165) is 11.1 Å². The molecular weight excluding hydrogens is 407 g/mol. The predicted octanol–water partition coefficient (Wildman–Crippen LogP) is 3.78. The highest BCUT2D eigenvalue weighted by molar-refractivity contribution is 7.91. The maximum atomic E-state index is 14.7. The zero-order valence-electron chi connectivity index (χ0n) is 17.0. The molecule has 1 atom stereocenters. The summed E-state index contributed by atoms with van der Waals surface area (Å²) in [4.78, 5) is 12.2. The summed E-state index contributed by atoms with van der Waals surface area (Å²) in [5, 5.41) is 11.7. The van der Waals surface area contributed by atoms with Crippen LogP contribution in [0.4, 0.5) is 9.18 Å². The number of alkyl carbamates (subject to hydrolysis) is 1. The molecule has 30 heavy (non-hydrogen) atoms. The average molecular weight is 431 g/mol. The minimum Gasteiger partial charge on any atom is -0.444 e. The lowest BCUT2D eigenvalue weighted by Gasteiger charge is -2.21. The lowest BCUT2D eigenvalue weighted by atomic mass is 9.98. The summed E-state index contributed by atoms with van der Waals surface area (Å²) in [5.74, 6) is -0.411. The number of nitriles is 1. The lowest BCUT2D eigenvalue weighted by Crippen LogP contribution is -2.39. The molecule has 0 saturated heterocycles. The molecule has 0 unspecified atom stereocenters. The number of carbonyl (C=O) groups excluding carboxylic acids is 1. The van der Waals surface area contributed by atoms with Crippen molar-refractivity contribution < 1.29 is 22.3 Å². The Bertz CT molecular complexity index is 1130. The summed E-state index contributed by atoms with van der Waals surface area (Å²) >= 11 is 0. The number of ether oxygens (including phenoxy) is 1. The molecule has 158 valence electrons. The highest BCUT2D eigenvalue weighted by Gasteiger charge is 2.26. The number of rotatable bonds is 4. The van der Waals surface area contributed by atoms with Gasteiger partial charge in [-0.05, 0) is 67.6 Å². The van der Waals surface area contributed by atoms with Crippen molar-refractivity contribution in [2.75, 3.05) is 5.75 Å². The molecule has 1 aliphatic heterocycles. The Kier molecular flexibility index (Phi) is 5.86. The van der Waals surface area contributed by atoms with Crippen LogP contribution in [0.5, 0.6) is 0 Å². The predicted molar refractivity (Wildman–Crippen MR) is 110 cm³/mol. The highest BCUT2D eigenvalue weighted by atomic mass is 32.2. The van der Waals surface area contributed by atoms with E-state index >= 15 is 0 Å². The number of sulfone groups is 1. The summed E-state index contributed by atoms with van der Waals surface area (Å²) in [5.41, 5.74) is 1.65. The van der Waals surface area contributed by atoms with E-state index in [1.54, 1.807) is 51.1 Å². The molecule has 2 aromatic rings. The van der Waals surface area contributed by atoms with E-state index in [0.29, 0.717) is 16.9 Å². The molecule has 1 N–H and O–H groups in total. The zero-order valence-corrected chi connectivity index (χ0v) is 17.8. The van der Waals surface area contributed by atoms with Gasteiger partial charge in [0.25, 0.3) is 0 Å². The average Bonchev–Trinajstić information content (AvgIpc) is 2.95. The first kappa shape index (κ1) is 21.8. The van der Waals surface area contributed by atoms with Crippen LogP contribution in [0.15, 0.2) is 41.3 Å². The minimum atomic E-state index is -3.21. The Morgan fingerprint density at radius 1 is 1.23 bits per heavy atom. The van der Waals surface area contributed by atoms with Gasteiger partial charge in [-0.1, -0.05) is 18.2 Å². The number of nitrogens with one attached hydrogen (secondary N) is 1. The Morgan fingerprint density at radius 2 is 1.90 bits per heavy atom. The van der Waals surface area contributed by atoms with Crippen LogP contribution in [0.1, 0.15) is 31.9 Å². The quantitative estimate of drug-likeness (QED) is 0.796. The van der Waals surface area contributed by atoms with Crippen molar-refractivity contribution >= 4 is 15.9 Å². The van der Waals surface area contributed by atoms with Gasteiger partial charge in [0.2, 0.25) is 0 Å². The first-order valence-electron chi connectivity index (χ1n) is 9.52. The standard InChI is InChI=1S/C22H23FN2O4S/c1-22(2,3)29-21(26)25-18(13-24)11-16-5-4-15(12-19(16)23)14-6-7-20-17(10-14)8-9-30(20,27)28/h4-7,10,12,18H,8-9,11H2,1-3H3,(H,25,26)/t18-/m0/s1. The number of halogens is 1. The SMILES string of the molecule is CC(C)(C)OC(=O)N[C@H](C#N)Cc1ccc(-c2ccc3c(c2)CCS3(=O)=O)cc1F. The summed E-state index contributed by atoms with van der Waals surface area (Å²) in [6, 6.07) is 10.6. The van der Waals surface area contributed by atoms with E-state index in [4.69, 9.17) is 4.74 Å². The van der Waals surface area contributed by atoms with Gasteiger partial charge in [0.15, 0.2) is 9.84 Å². The fraction of sp³-hybridized carbons (Fsp3) is 0.364. The van der Waals surface area contributed by atoms with Gasteiger partial charge in [-0.3, -0.25) is 0 Å². The van der Waals surface area contributed by atoms with Crippen LogP contribution in [0.25, 0.3) is 11.1 Å². The minimum absolute atomic E-state index is 0.00964. The molecule has 1 aliphatic rings. The van der Waals surface area contributed by atoms with Gasteiger partial charge >= 0.3 is 6.09 Å². The highest BCUT2D eigenvalue weighted by Crippen LogP contribution is 2.31. The maximum absolute atomic E-state index is 14.7. The number of hydrogen-bond donors (Lipinski definition) is 1. The van der Waals surface area contributed by atoms with Crippen molar-refractivity contribution in [2.24, 2.45) is 0 Å². The molecule has 0 spiro atoms. The monoisotopic (exact) mass is 430 g/mol. The molecule has 3 rings (SSSR count). The molecule has 0 bridgehead atoms. The molecule has 0 aromatic heterocycles. The van der Waals surface area contributed by atoms with Crippen LogP contribution >= 0.6 is 0 Å². The fourth-order valence-electron chi connectivity index (χ4n) is 3.30. The van der Waals surface area contributed by atoms with Crippen molar-refractivity contribution in [2.45, 2.75) is 50.2 Å². The smallest absolute Gasteiger partial charge is 0.408 e. The zero-order chi connectivity index (χ0) is 22.1. The van der Waals surface area contributed by atoms with Gasteiger partial charge < -0.3 is 10.1 Å². The van der Waals surface area contributed by atoms with Crippen LogP contribution in [-0.4, -0.2) is 31.9 Å². The van der Waals surface area contributed by atoms with Crippen LogP contribution in [0, 0.1) is 17.1 Å². The van der Waals surface area contributed by atoms with Crippen LogP contribution in [0.3, 0.4) is 0 Å². The first-order valence-corrected chi connectivity index (χ1v) is 11.2. The number of benzene rings is 2. The molecule has 1 heterocycles. The molecule has 8 heteroatoms. The van der Waals surface area contributed by atoms with Gasteiger partial charge in [0, 0.05) is 6.42 Å². The second kappa shape index (κ2) is 8.07. The Labute approximate surface area is 175 Å². The largest absolute Gasteiger partial charge is 0.444 e. The molecule has 1 amide bonds. The Morgan fingerprint density at radius 3 is 2.53 bits per heavy atom. The third-order valence-electron chi connectivity index (χ3n) is 4.69. The van der Waals surface area contributed by atoms with Crippen LogP contribution < -0.4 is 5.32 Å². The molecule has 6 nitrogen and oxygen atoms in total. The van der Waals surface area contributed by atoms with Gasteiger partial charge in [0.1, 0.15) is 17.5 Å². The van der Waals surface area contributed by atoms with Crippen LogP contribution in [-0.2, 0) is 27.4 Å². The number of hydrogen-bond acceptors (Lipinski definition) is 5. The second-order valence-corrected chi connectivity index (χ2v) is 10.3. The van der Waals surface area contributed by atoms with Crippen molar-refractivity contribution in [3.63, 3.8) is 0 Å². The number of amides is 1. The number of carbonyl (C=O) groups is 1. The van der Waals surface area contributed by atoms with Gasteiger partial charge in [0.05, 0.1) is 16.7 Å². The summed E-state index contributed by atoms with van der Waals surface area (Å²) in [7, 11) is -3.21. The van der Waals surface area contributed by atoms with E-state index in [9.17, 15) is 22.9 Å². The molecule has 0 aliphatic carbocycles. The maximum Gasteiger partial charge on any atom is 0.408 e. The molecule has 0 fully saturated rings. The summed E-state index contributed by atoms with van der Waals surface area (Å²) in [6.45, 7) is 5.13. The lowest BCUT2D eigenvalue weighted by molar-refractivity contribution is 0.0515. The number of fused-ring (bicyclic) bond motifs is 1. The van der Waals surface area contributed by atoms with Crippen molar-refractivity contribution in [3.8, 4) is 17.2 Å². The van der Waals surface area contributed by atoms with Crippen molar-refractivity contribution in [3.05, 3.63) is 53.3 Å². The number of nitrogens with zero attached hydrogens (tertiary/aromatic N) is 1. The van der Waals surface area contributed by atoms with Crippen molar-refractivity contribution in [1.82, 2.24) is 5.32 Å². The van der Waals surface area contributed by atoms with E-state index in [1.165, 1.54) is 6.07 Å². The van der Waals surface area contributed by atoms with E-state index in [1.807, 2.05) is 6.07 Å². The Hall–Kier alpha value is -2.92. The molecule has 2 aromatic carbocycles. The van der Waals surface area contributed by atoms with Gasteiger partial charge in [-0.15, -0.1) is 0 Å². The van der Waals surface area contributed by atoms with Crippen molar-refractivity contribution in [1.29, 1.82) is 5.26 Å². The Balaban J connectivity index is 1.76. The number of aryl methyl sites for hydroxylation is 1. The van der Waals surface area contributed by atoms with Crippen LogP contribution in [0.2, 0.25) is 0 Å². The van der Waals surface area contributed by atoms with E-state index in [2.05, 4.69) is 5.32 Å². The van der Waals surface area contributed by atoms with E-state index in [-0.39, 0.29) is 17.7 Å². The van der Waals surface area contributed by atoms with E-state index < -0.39 is 33.4 Å². The molecular formula is C22H23FN2O4S. The van der Waals surface area contributed by atoms with Gasteiger partial charge in [-0.25, -0.2) is 17.6 Å². The normalized spacial score (nSPS) is 15.7. The second-order valence-electron chi connectivity index (χ2n) is 8.23. The molecule has 0 saturated carbocycles. The van der Waals surface area contributed by atoms with Gasteiger partial charge in [-0.2, -0.15) is 5.26 Å². The summed E-state index contributed by atoms with van der Waals surface area (Å²) in [6.07, 6.45) is -0.296. The third-order valence-corrected chi connectivity index (χ3v) is 6.50. The first-order chi connectivity index (χ1) is 14.0.